The molecule has 14 heavy (non-hydrogen) atoms. The quantitative estimate of drug-likeness (QED) is 0.810. The molecule has 2 N–H and O–H groups in total. The number of rotatable bonds is 4. The van der Waals surface area contributed by atoms with Crippen LogP contribution in [0.25, 0.3) is 0 Å². The summed E-state index contributed by atoms with van der Waals surface area (Å²) in [6, 6.07) is 8.23. The van der Waals surface area contributed by atoms with E-state index in [1.165, 1.54) is 18.4 Å². The minimum Gasteiger partial charge on any atom is -0.330 e. The highest BCUT2D eigenvalue weighted by Gasteiger charge is 2.31. The van der Waals surface area contributed by atoms with Gasteiger partial charge in [-0.25, -0.2) is 0 Å². The first-order valence-corrected chi connectivity index (χ1v) is 5.64. The molecule has 1 saturated carbocycles. The standard InChI is InChI=1S/C12H16ClN/c13-11-5-3-10(4-6-11)12(7-8-14)9-1-2-9/h3-6,9,12H,1-2,7-8,14H2. The molecule has 1 aliphatic rings. The maximum absolute atomic E-state index is 5.86. The van der Waals surface area contributed by atoms with E-state index in [9.17, 15) is 0 Å². The first kappa shape index (κ1) is 10.0. The van der Waals surface area contributed by atoms with Crippen molar-refractivity contribution in [2.24, 2.45) is 11.7 Å². The maximum atomic E-state index is 5.86. The zero-order valence-electron chi connectivity index (χ0n) is 8.25. The second kappa shape index (κ2) is 4.33. The summed E-state index contributed by atoms with van der Waals surface area (Å²) < 4.78 is 0. The number of hydrogen-bond acceptors (Lipinski definition) is 1. The van der Waals surface area contributed by atoms with Crippen molar-refractivity contribution in [2.75, 3.05) is 6.54 Å². The Bertz CT molecular complexity index is 290. The molecule has 1 unspecified atom stereocenters. The molecule has 1 aromatic carbocycles. The first-order chi connectivity index (χ1) is 6.81. The monoisotopic (exact) mass is 209 g/mol. The summed E-state index contributed by atoms with van der Waals surface area (Å²) in [6.07, 6.45) is 3.84. The summed E-state index contributed by atoms with van der Waals surface area (Å²) in [6.45, 7) is 0.782. The highest BCUT2D eigenvalue weighted by molar-refractivity contribution is 6.30. The minimum atomic E-state index is 0.664. The van der Waals surface area contributed by atoms with Crippen LogP contribution in [0.15, 0.2) is 24.3 Å². The Morgan fingerprint density at radius 3 is 2.43 bits per heavy atom. The predicted octanol–water partition coefficient (Wildman–Crippen LogP) is 3.18. The highest BCUT2D eigenvalue weighted by atomic mass is 35.5. The Labute approximate surface area is 90.3 Å². The molecule has 0 aliphatic heterocycles. The van der Waals surface area contributed by atoms with Gasteiger partial charge in [-0.05, 0) is 55.3 Å². The molecule has 0 heterocycles. The van der Waals surface area contributed by atoms with Crippen LogP contribution in [-0.4, -0.2) is 6.54 Å². The van der Waals surface area contributed by atoms with Crippen molar-refractivity contribution in [3.63, 3.8) is 0 Å². The topological polar surface area (TPSA) is 26.0 Å². The van der Waals surface area contributed by atoms with E-state index >= 15 is 0 Å². The van der Waals surface area contributed by atoms with Gasteiger partial charge in [0.1, 0.15) is 0 Å². The van der Waals surface area contributed by atoms with Crippen molar-refractivity contribution in [1.29, 1.82) is 0 Å². The third-order valence-corrected chi connectivity index (χ3v) is 3.22. The van der Waals surface area contributed by atoms with Crippen molar-refractivity contribution in [2.45, 2.75) is 25.2 Å². The van der Waals surface area contributed by atoms with Gasteiger partial charge in [0.25, 0.3) is 0 Å². The van der Waals surface area contributed by atoms with Crippen LogP contribution in [0.4, 0.5) is 0 Å². The summed E-state index contributed by atoms with van der Waals surface area (Å²) in [5.41, 5.74) is 7.04. The maximum Gasteiger partial charge on any atom is 0.0406 e. The summed E-state index contributed by atoms with van der Waals surface area (Å²) in [5.74, 6) is 1.54. The second-order valence-electron chi connectivity index (χ2n) is 4.07. The van der Waals surface area contributed by atoms with Gasteiger partial charge in [-0.15, -0.1) is 0 Å². The Balaban J connectivity index is 2.13. The molecule has 0 bridgehead atoms. The molecule has 0 spiro atoms. The second-order valence-corrected chi connectivity index (χ2v) is 4.51. The first-order valence-electron chi connectivity index (χ1n) is 5.27. The molecular formula is C12H16ClN. The Morgan fingerprint density at radius 1 is 1.29 bits per heavy atom. The van der Waals surface area contributed by atoms with E-state index < -0.39 is 0 Å². The van der Waals surface area contributed by atoms with E-state index in [0.29, 0.717) is 5.92 Å². The molecule has 1 fully saturated rings. The van der Waals surface area contributed by atoms with Crippen molar-refractivity contribution >= 4 is 11.6 Å². The van der Waals surface area contributed by atoms with E-state index in [-0.39, 0.29) is 0 Å². The lowest BCUT2D eigenvalue weighted by molar-refractivity contribution is 0.565. The van der Waals surface area contributed by atoms with Gasteiger partial charge in [0, 0.05) is 5.02 Å². The fourth-order valence-corrected chi connectivity index (χ4v) is 2.19. The molecule has 76 valence electrons. The molecule has 0 radical (unpaired) electrons. The van der Waals surface area contributed by atoms with Crippen molar-refractivity contribution in [3.05, 3.63) is 34.9 Å². The van der Waals surface area contributed by atoms with Gasteiger partial charge in [-0.2, -0.15) is 0 Å². The minimum absolute atomic E-state index is 0.664. The number of halogens is 1. The average molecular weight is 210 g/mol. The zero-order chi connectivity index (χ0) is 9.97. The van der Waals surface area contributed by atoms with E-state index in [0.717, 1.165) is 23.9 Å². The van der Waals surface area contributed by atoms with Crippen LogP contribution in [0.5, 0.6) is 0 Å². The smallest absolute Gasteiger partial charge is 0.0406 e. The summed E-state index contributed by atoms with van der Waals surface area (Å²) in [7, 11) is 0. The largest absolute Gasteiger partial charge is 0.330 e. The zero-order valence-corrected chi connectivity index (χ0v) is 9.00. The average Bonchev–Trinajstić information content (AvgIpc) is 2.99. The number of nitrogens with two attached hydrogens (primary N) is 1. The van der Waals surface area contributed by atoms with Gasteiger partial charge in [0.2, 0.25) is 0 Å². The van der Waals surface area contributed by atoms with Crippen molar-refractivity contribution in [3.8, 4) is 0 Å². The fourth-order valence-electron chi connectivity index (χ4n) is 2.06. The Morgan fingerprint density at radius 2 is 1.93 bits per heavy atom. The van der Waals surface area contributed by atoms with Gasteiger partial charge < -0.3 is 5.73 Å². The third-order valence-electron chi connectivity index (χ3n) is 2.97. The van der Waals surface area contributed by atoms with Gasteiger partial charge in [-0.3, -0.25) is 0 Å². The Kier molecular flexibility index (Phi) is 3.09. The van der Waals surface area contributed by atoms with Crippen LogP contribution >= 0.6 is 11.6 Å². The number of benzene rings is 1. The van der Waals surface area contributed by atoms with Crippen LogP contribution in [0.2, 0.25) is 5.02 Å². The predicted molar refractivity (Wildman–Crippen MR) is 60.6 cm³/mol. The summed E-state index contributed by atoms with van der Waals surface area (Å²) >= 11 is 5.86. The lowest BCUT2D eigenvalue weighted by atomic mass is 9.91. The SMILES string of the molecule is NCCC(c1ccc(Cl)cc1)C1CC1. The van der Waals surface area contributed by atoms with E-state index in [1.54, 1.807) is 0 Å². The molecule has 1 aliphatic carbocycles. The fraction of sp³-hybridized carbons (Fsp3) is 0.500. The summed E-state index contributed by atoms with van der Waals surface area (Å²) in [4.78, 5) is 0. The van der Waals surface area contributed by atoms with E-state index in [4.69, 9.17) is 17.3 Å². The molecule has 0 saturated heterocycles. The van der Waals surface area contributed by atoms with Gasteiger partial charge >= 0.3 is 0 Å². The van der Waals surface area contributed by atoms with Crippen LogP contribution in [0.3, 0.4) is 0 Å². The molecule has 2 heteroatoms. The van der Waals surface area contributed by atoms with E-state index in [1.807, 2.05) is 12.1 Å². The molecule has 0 aromatic heterocycles. The van der Waals surface area contributed by atoms with Gasteiger partial charge in [0.15, 0.2) is 0 Å². The van der Waals surface area contributed by atoms with Crippen LogP contribution in [-0.2, 0) is 0 Å². The lowest BCUT2D eigenvalue weighted by Crippen LogP contribution is -2.09. The van der Waals surface area contributed by atoms with Crippen LogP contribution in [0, 0.1) is 5.92 Å². The normalized spacial score (nSPS) is 18.1. The molecule has 1 aromatic rings. The van der Waals surface area contributed by atoms with Gasteiger partial charge in [0.05, 0.1) is 0 Å². The lowest BCUT2D eigenvalue weighted by Gasteiger charge is -2.15. The summed E-state index contributed by atoms with van der Waals surface area (Å²) in [5, 5.41) is 0.816. The van der Waals surface area contributed by atoms with Gasteiger partial charge in [-0.1, -0.05) is 23.7 Å². The third kappa shape index (κ3) is 2.28. The molecule has 1 nitrogen and oxygen atoms in total. The van der Waals surface area contributed by atoms with E-state index in [2.05, 4.69) is 12.1 Å². The molecule has 2 rings (SSSR count). The molecule has 0 amide bonds. The Hall–Kier alpha value is -0.530. The number of hydrogen-bond donors (Lipinski definition) is 1. The van der Waals surface area contributed by atoms with Crippen molar-refractivity contribution < 1.29 is 0 Å². The molecular weight excluding hydrogens is 194 g/mol. The van der Waals surface area contributed by atoms with Crippen molar-refractivity contribution in [1.82, 2.24) is 0 Å². The highest BCUT2D eigenvalue weighted by Crippen LogP contribution is 2.44. The van der Waals surface area contributed by atoms with Crippen LogP contribution in [0.1, 0.15) is 30.7 Å². The molecule has 1 atom stereocenters. The van der Waals surface area contributed by atoms with Crippen LogP contribution < -0.4 is 5.73 Å².